The van der Waals surface area contributed by atoms with Crippen molar-refractivity contribution in [3.05, 3.63) is 29.3 Å². The van der Waals surface area contributed by atoms with Crippen molar-refractivity contribution in [2.45, 2.75) is 6.18 Å². The fourth-order valence-electron chi connectivity index (χ4n) is 2.43. The zero-order valence-corrected chi connectivity index (χ0v) is 14.0. The number of benzene rings is 1. The molecule has 0 spiro atoms. The summed E-state index contributed by atoms with van der Waals surface area (Å²) in [5, 5.41) is 4.12. The van der Waals surface area contributed by atoms with Gasteiger partial charge in [-0.25, -0.2) is 4.79 Å². The first-order valence-corrected chi connectivity index (χ1v) is 7.98. The number of amides is 3. The maximum atomic E-state index is 12.0. The number of hydrogen-bond donors (Lipinski definition) is 2. The van der Waals surface area contributed by atoms with Crippen molar-refractivity contribution >= 4 is 29.2 Å². The van der Waals surface area contributed by atoms with E-state index in [1.165, 1.54) is 0 Å². The summed E-state index contributed by atoms with van der Waals surface area (Å²) in [6, 6.07) is 6.29. The molecule has 2 N–H and O–H groups in total. The number of imide groups is 1. The van der Waals surface area contributed by atoms with Crippen molar-refractivity contribution in [3.63, 3.8) is 0 Å². The van der Waals surface area contributed by atoms with Crippen LogP contribution in [0.2, 0.25) is 5.02 Å². The van der Waals surface area contributed by atoms with Crippen molar-refractivity contribution in [1.29, 1.82) is 0 Å². The second-order valence-corrected chi connectivity index (χ2v) is 6.03. The van der Waals surface area contributed by atoms with Gasteiger partial charge in [0.15, 0.2) is 0 Å². The lowest BCUT2D eigenvalue weighted by Crippen LogP contribution is -2.51. The lowest BCUT2D eigenvalue weighted by atomic mass is 10.2. The second-order valence-electron chi connectivity index (χ2n) is 5.59. The standard InChI is InChI=1S/C15H18ClF3N4O2/c16-11-2-1-3-12(8-11)23-6-4-22(5-7-23)9-13(24)21-14(25)20-10-15(17,18)19/h1-3,8H,4-7,9-10H2,(H2,20,21,24,25). The van der Waals surface area contributed by atoms with Crippen LogP contribution in [0.1, 0.15) is 0 Å². The van der Waals surface area contributed by atoms with Gasteiger partial charge in [0.25, 0.3) is 0 Å². The van der Waals surface area contributed by atoms with Crippen molar-refractivity contribution < 1.29 is 22.8 Å². The third-order valence-electron chi connectivity index (χ3n) is 3.62. The van der Waals surface area contributed by atoms with E-state index in [-0.39, 0.29) is 6.54 Å². The number of halogens is 4. The molecule has 1 aromatic carbocycles. The van der Waals surface area contributed by atoms with Crippen LogP contribution in [0.4, 0.5) is 23.7 Å². The highest BCUT2D eigenvalue weighted by Gasteiger charge is 2.28. The van der Waals surface area contributed by atoms with E-state index in [1.807, 2.05) is 28.4 Å². The summed E-state index contributed by atoms with van der Waals surface area (Å²) in [5.41, 5.74) is 0.989. The number of carbonyl (C=O) groups is 2. The first-order valence-electron chi connectivity index (χ1n) is 7.60. The lowest BCUT2D eigenvalue weighted by Gasteiger charge is -2.35. The molecule has 1 aliphatic heterocycles. The maximum absolute atomic E-state index is 12.0. The molecular formula is C15H18ClF3N4O2. The molecule has 1 saturated heterocycles. The number of piperazine rings is 1. The Labute approximate surface area is 147 Å². The molecule has 0 unspecified atom stereocenters. The summed E-state index contributed by atoms with van der Waals surface area (Å²) in [7, 11) is 0. The number of rotatable bonds is 4. The largest absolute Gasteiger partial charge is 0.405 e. The lowest BCUT2D eigenvalue weighted by molar-refractivity contribution is -0.125. The van der Waals surface area contributed by atoms with Crippen LogP contribution in [-0.4, -0.2) is 62.3 Å². The minimum Gasteiger partial charge on any atom is -0.369 e. The van der Waals surface area contributed by atoms with Gasteiger partial charge in [-0.15, -0.1) is 0 Å². The van der Waals surface area contributed by atoms with E-state index in [2.05, 4.69) is 4.90 Å². The Morgan fingerprint density at radius 3 is 2.44 bits per heavy atom. The first kappa shape index (κ1) is 19.3. The van der Waals surface area contributed by atoms with Gasteiger partial charge >= 0.3 is 12.2 Å². The third-order valence-corrected chi connectivity index (χ3v) is 3.85. The Hall–Kier alpha value is -2.00. The number of anilines is 1. The average Bonchev–Trinajstić information content (AvgIpc) is 2.53. The number of alkyl halides is 3. The summed E-state index contributed by atoms with van der Waals surface area (Å²) in [4.78, 5) is 26.9. The molecule has 3 amide bonds. The zero-order chi connectivity index (χ0) is 18.4. The summed E-state index contributed by atoms with van der Waals surface area (Å²) in [6.45, 7) is 0.989. The van der Waals surface area contributed by atoms with E-state index in [1.54, 1.807) is 11.4 Å². The molecule has 1 aromatic rings. The molecule has 0 atom stereocenters. The van der Waals surface area contributed by atoms with E-state index >= 15 is 0 Å². The molecule has 1 heterocycles. The molecule has 0 saturated carbocycles. The van der Waals surface area contributed by atoms with E-state index in [4.69, 9.17) is 11.6 Å². The van der Waals surface area contributed by atoms with Crippen LogP contribution < -0.4 is 15.5 Å². The molecule has 25 heavy (non-hydrogen) atoms. The van der Waals surface area contributed by atoms with Crippen LogP contribution in [0.5, 0.6) is 0 Å². The SMILES string of the molecule is O=C(CN1CCN(c2cccc(Cl)c2)CC1)NC(=O)NCC(F)(F)F. The summed E-state index contributed by atoms with van der Waals surface area (Å²) in [5.74, 6) is -0.643. The molecule has 0 aromatic heterocycles. The maximum Gasteiger partial charge on any atom is 0.405 e. The molecule has 138 valence electrons. The van der Waals surface area contributed by atoms with E-state index < -0.39 is 24.7 Å². The molecule has 1 aliphatic rings. The molecule has 10 heteroatoms. The Bertz CT molecular complexity index is 619. The smallest absolute Gasteiger partial charge is 0.369 e. The van der Waals surface area contributed by atoms with Gasteiger partial charge in [0, 0.05) is 36.9 Å². The number of carbonyl (C=O) groups excluding carboxylic acids is 2. The fraction of sp³-hybridized carbons (Fsp3) is 0.467. The minimum atomic E-state index is -4.52. The fourth-order valence-corrected chi connectivity index (χ4v) is 2.62. The second kappa shape index (κ2) is 8.39. The Morgan fingerprint density at radius 2 is 1.84 bits per heavy atom. The molecule has 1 fully saturated rings. The topological polar surface area (TPSA) is 64.7 Å². The highest BCUT2D eigenvalue weighted by Crippen LogP contribution is 2.20. The predicted octanol–water partition coefficient (Wildman–Crippen LogP) is 1.85. The monoisotopic (exact) mass is 378 g/mol. The van der Waals surface area contributed by atoms with Crippen molar-refractivity contribution in [2.75, 3.05) is 44.2 Å². The molecule has 0 bridgehead atoms. The number of nitrogens with one attached hydrogen (secondary N) is 2. The Morgan fingerprint density at radius 1 is 1.16 bits per heavy atom. The predicted molar refractivity (Wildman–Crippen MR) is 87.7 cm³/mol. The first-order chi connectivity index (χ1) is 11.7. The van der Waals surface area contributed by atoms with E-state index in [0.29, 0.717) is 31.2 Å². The molecule has 6 nitrogen and oxygen atoms in total. The van der Waals surface area contributed by atoms with Gasteiger partial charge in [0.2, 0.25) is 5.91 Å². The van der Waals surface area contributed by atoms with Crippen molar-refractivity contribution in [2.24, 2.45) is 0 Å². The van der Waals surface area contributed by atoms with Gasteiger partial charge in [-0.1, -0.05) is 17.7 Å². The van der Waals surface area contributed by atoms with Crippen LogP contribution in [-0.2, 0) is 4.79 Å². The van der Waals surface area contributed by atoms with Crippen LogP contribution in [0.3, 0.4) is 0 Å². The highest BCUT2D eigenvalue weighted by atomic mass is 35.5. The molecule has 0 radical (unpaired) electrons. The molecule has 0 aliphatic carbocycles. The van der Waals surface area contributed by atoms with E-state index in [9.17, 15) is 22.8 Å². The Balaban J connectivity index is 1.72. The van der Waals surface area contributed by atoms with Crippen molar-refractivity contribution in [3.8, 4) is 0 Å². The van der Waals surface area contributed by atoms with Crippen LogP contribution in [0.15, 0.2) is 24.3 Å². The highest BCUT2D eigenvalue weighted by molar-refractivity contribution is 6.30. The van der Waals surface area contributed by atoms with Gasteiger partial charge in [-0.3, -0.25) is 15.0 Å². The van der Waals surface area contributed by atoms with Crippen LogP contribution in [0, 0.1) is 0 Å². The van der Waals surface area contributed by atoms with Gasteiger partial charge < -0.3 is 10.2 Å². The third kappa shape index (κ3) is 6.79. The summed E-state index contributed by atoms with van der Waals surface area (Å²) >= 11 is 5.97. The number of urea groups is 1. The quantitative estimate of drug-likeness (QED) is 0.839. The number of hydrogen-bond acceptors (Lipinski definition) is 4. The van der Waals surface area contributed by atoms with Gasteiger partial charge in [-0.05, 0) is 18.2 Å². The van der Waals surface area contributed by atoms with Gasteiger partial charge in [0.05, 0.1) is 6.54 Å². The zero-order valence-electron chi connectivity index (χ0n) is 13.3. The minimum absolute atomic E-state index is 0.0528. The van der Waals surface area contributed by atoms with Gasteiger partial charge in [0.1, 0.15) is 6.54 Å². The summed E-state index contributed by atoms with van der Waals surface area (Å²) in [6.07, 6.45) is -4.52. The normalized spacial score (nSPS) is 15.8. The number of nitrogens with zero attached hydrogens (tertiary/aromatic N) is 2. The van der Waals surface area contributed by atoms with Crippen LogP contribution >= 0.6 is 11.6 Å². The Kier molecular flexibility index (Phi) is 6.49. The van der Waals surface area contributed by atoms with Crippen molar-refractivity contribution in [1.82, 2.24) is 15.5 Å². The van der Waals surface area contributed by atoms with Crippen LogP contribution in [0.25, 0.3) is 0 Å². The molecule has 2 rings (SSSR count). The van der Waals surface area contributed by atoms with E-state index in [0.717, 1.165) is 5.69 Å². The summed E-state index contributed by atoms with van der Waals surface area (Å²) < 4.78 is 35.9. The molecular weight excluding hydrogens is 361 g/mol. The van der Waals surface area contributed by atoms with Gasteiger partial charge in [-0.2, -0.15) is 13.2 Å². The average molecular weight is 379 g/mol.